The Morgan fingerprint density at radius 2 is 2.00 bits per heavy atom. The van der Waals surface area contributed by atoms with Gasteiger partial charge in [0.15, 0.2) is 0 Å². The summed E-state index contributed by atoms with van der Waals surface area (Å²) in [5, 5.41) is 0. The highest BCUT2D eigenvalue weighted by Crippen LogP contribution is 2.40. The molecule has 1 rings (SSSR count). The number of carbonyl (C=O) groups excluding carboxylic acids is 1. The van der Waals surface area contributed by atoms with Gasteiger partial charge in [-0.1, -0.05) is 13.3 Å². The number of carbonyl (C=O) groups is 1. The van der Waals surface area contributed by atoms with E-state index in [1.807, 2.05) is 0 Å². The molecule has 0 aliphatic heterocycles. The zero-order valence-corrected chi connectivity index (χ0v) is 5.53. The first kappa shape index (κ1) is 5.80. The number of Topliss-reactive ketones (excluding diaryl/α,β-unsaturated/α-hetero) is 1. The van der Waals surface area contributed by atoms with Crippen LogP contribution in [0.25, 0.3) is 0 Å². The number of rotatable bonds is 1. The summed E-state index contributed by atoms with van der Waals surface area (Å²) in [5.41, 5.74) is 0.0833. The van der Waals surface area contributed by atoms with Gasteiger partial charge in [0.1, 0.15) is 5.78 Å². The minimum Gasteiger partial charge on any atom is -0.299 e. The Morgan fingerprint density at radius 3 is 2.00 bits per heavy atom. The average Bonchev–Trinajstić information content (AvgIpc) is 1.60. The maximum Gasteiger partial charge on any atom is 0.135 e. The standard InChI is InChI=1S/C7H12O/c1-6(8)7(2)4-3-5-7/h3-5H2,1-2H3. The highest BCUT2D eigenvalue weighted by Gasteiger charge is 2.35. The van der Waals surface area contributed by atoms with Gasteiger partial charge in [-0.25, -0.2) is 0 Å². The van der Waals surface area contributed by atoms with Crippen molar-refractivity contribution in [2.45, 2.75) is 33.1 Å². The quantitative estimate of drug-likeness (QED) is 0.505. The molecule has 0 N–H and O–H groups in total. The number of hydrogen-bond donors (Lipinski definition) is 0. The largest absolute Gasteiger partial charge is 0.299 e. The molecule has 1 nitrogen and oxygen atoms in total. The Hall–Kier alpha value is -0.330. The third kappa shape index (κ3) is 0.662. The van der Waals surface area contributed by atoms with Crippen molar-refractivity contribution in [2.75, 3.05) is 0 Å². The first-order valence-corrected chi connectivity index (χ1v) is 3.16. The summed E-state index contributed by atoms with van der Waals surface area (Å²) in [6, 6.07) is 0. The van der Waals surface area contributed by atoms with Crippen molar-refractivity contribution < 1.29 is 4.79 Å². The van der Waals surface area contributed by atoms with E-state index < -0.39 is 0 Å². The molecule has 8 heavy (non-hydrogen) atoms. The van der Waals surface area contributed by atoms with Crippen molar-refractivity contribution in [1.29, 1.82) is 0 Å². The molecule has 0 aromatic rings. The predicted molar refractivity (Wildman–Crippen MR) is 32.6 cm³/mol. The van der Waals surface area contributed by atoms with Crippen molar-refractivity contribution in [3.63, 3.8) is 0 Å². The van der Waals surface area contributed by atoms with Gasteiger partial charge in [-0.2, -0.15) is 0 Å². The molecule has 0 unspecified atom stereocenters. The molecular formula is C7H12O. The van der Waals surface area contributed by atoms with Gasteiger partial charge < -0.3 is 0 Å². The van der Waals surface area contributed by atoms with E-state index in [1.165, 1.54) is 6.42 Å². The molecule has 0 amide bonds. The van der Waals surface area contributed by atoms with Gasteiger partial charge >= 0.3 is 0 Å². The minimum atomic E-state index is 0.0833. The molecule has 1 saturated carbocycles. The molecule has 1 heteroatoms. The molecule has 0 atom stereocenters. The van der Waals surface area contributed by atoms with Crippen LogP contribution in [0.15, 0.2) is 0 Å². The van der Waals surface area contributed by atoms with Crippen LogP contribution >= 0.6 is 0 Å². The monoisotopic (exact) mass is 112 g/mol. The number of ketones is 1. The molecule has 0 aromatic carbocycles. The van der Waals surface area contributed by atoms with E-state index in [9.17, 15) is 4.79 Å². The van der Waals surface area contributed by atoms with E-state index in [4.69, 9.17) is 0 Å². The van der Waals surface area contributed by atoms with Crippen molar-refractivity contribution >= 4 is 5.78 Å². The SMILES string of the molecule is CC(=O)C1(C)CCC1. The van der Waals surface area contributed by atoms with Crippen molar-refractivity contribution in [1.82, 2.24) is 0 Å². The minimum absolute atomic E-state index is 0.0833. The van der Waals surface area contributed by atoms with Gasteiger partial charge in [-0.05, 0) is 19.8 Å². The second-order valence-electron chi connectivity index (χ2n) is 2.97. The molecule has 1 fully saturated rings. The van der Waals surface area contributed by atoms with E-state index in [-0.39, 0.29) is 5.41 Å². The molecule has 0 spiro atoms. The fourth-order valence-electron chi connectivity index (χ4n) is 1.06. The van der Waals surface area contributed by atoms with Crippen LogP contribution in [0.2, 0.25) is 0 Å². The van der Waals surface area contributed by atoms with Crippen molar-refractivity contribution in [3.05, 3.63) is 0 Å². The lowest BCUT2D eigenvalue weighted by molar-refractivity contribution is -0.129. The molecule has 0 radical (unpaired) electrons. The van der Waals surface area contributed by atoms with Crippen LogP contribution in [-0.2, 0) is 4.79 Å². The zero-order chi connectivity index (χ0) is 6.20. The number of hydrogen-bond acceptors (Lipinski definition) is 1. The normalized spacial score (nSPS) is 24.2. The van der Waals surface area contributed by atoms with Crippen LogP contribution in [0.1, 0.15) is 33.1 Å². The molecule has 0 bridgehead atoms. The van der Waals surface area contributed by atoms with Crippen LogP contribution < -0.4 is 0 Å². The fraction of sp³-hybridized carbons (Fsp3) is 0.857. The Kier molecular flexibility index (Phi) is 1.14. The first-order valence-electron chi connectivity index (χ1n) is 3.16. The third-order valence-electron chi connectivity index (χ3n) is 2.31. The van der Waals surface area contributed by atoms with Gasteiger partial charge in [-0.15, -0.1) is 0 Å². The predicted octanol–water partition coefficient (Wildman–Crippen LogP) is 1.77. The maximum atomic E-state index is 10.7. The molecule has 46 valence electrons. The van der Waals surface area contributed by atoms with Gasteiger partial charge in [0.05, 0.1) is 0 Å². The van der Waals surface area contributed by atoms with Crippen LogP contribution in [-0.4, -0.2) is 5.78 Å². The highest BCUT2D eigenvalue weighted by molar-refractivity contribution is 5.82. The topological polar surface area (TPSA) is 17.1 Å². The summed E-state index contributed by atoms with van der Waals surface area (Å²) >= 11 is 0. The zero-order valence-electron chi connectivity index (χ0n) is 5.53. The lowest BCUT2D eigenvalue weighted by atomic mass is 9.68. The van der Waals surface area contributed by atoms with Crippen LogP contribution in [0.5, 0.6) is 0 Å². The Labute approximate surface area is 50.1 Å². The summed E-state index contributed by atoms with van der Waals surface area (Å²) in [6.07, 6.45) is 3.47. The van der Waals surface area contributed by atoms with E-state index in [0.717, 1.165) is 12.8 Å². The summed E-state index contributed by atoms with van der Waals surface area (Å²) in [5.74, 6) is 0.365. The van der Waals surface area contributed by atoms with E-state index in [2.05, 4.69) is 6.92 Å². The van der Waals surface area contributed by atoms with Gasteiger partial charge in [0, 0.05) is 5.41 Å². The molecule has 0 aromatic heterocycles. The maximum absolute atomic E-state index is 10.7. The summed E-state index contributed by atoms with van der Waals surface area (Å²) in [4.78, 5) is 10.7. The Balaban J connectivity index is 2.53. The van der Waals surface area contributed by atoms with Crippen LogP contribution in [0.3, 0.4) is 0 Å². The van der Waals surface area contributed by atoms with Crippen molar-refractivity contribution in [2.24, 2.45) is 5.41 Å². The fourth-order valence-corrected chi connectivity index (χ4v) is 1.06. The second kappa shape index (κ2) is 1.57. The molecule has 0 heterocycles. The summed E-state index contributed by atoms with van der Waals surface area (Å²) < 4.78 is 0. The van der Waals surface area contributed by atoms with Crippen LogP contribution in [0, 0.1) is 5.41 Å². The second-order valence-corrected chi connectivity index (χ2v) is 2.97. The van der Waals surface area contributed by atoms with Crippen LogP contribution in [0.4, 0.5) is 0 Å². The van der Waals surface area contributed by atoms with Crippen molar-refractivity contribution in [3.8, 4) is 0 Å². The third-order valence-corrected chi connectivity index (χ3v) is 2.31. The summed E-state index contributed by atoms with van der Waals surface area (Å²) in [6.45, 7) is 3.75. The van der Waals surface area contributed by atoms with E-state index in [0.29, 0.717) is 5.78 Å². The summed E-state index contributed by atoms with van der Waals surface area (Å²) in [7, 11) is 0. The molecule has 1 aliphatic rings. The van der Waals surface area contributed by atoms with E-state index in [1.54, 1.807) is 6.92 Å². The average molecular weight is 112 g/mol. The first-order chi connectivity index (χ1) is 3.65. The molecule has 0 saturated heterocycles. The van der Waals surface area contributed by atoms with Gasteiger partial charge in [0.2, 0.25) is 0 Å². The Bertz CT molecular complexity index is 112. The lowest BCUT2D eigenvalue weighted by Gasteiger charge is -2.35. The Morgan fingerprint density at radius 1 is 1.50 bits per heavy atom. The van der Waals surface area contributed by atoms with E-state index >= 15 is 0 Å². The van der Waals surface area contributed by atoms with Gasteiger partial charge in [0.25, 0.3) is 0 Å². The molecular weight excluding hydrogens is 100 g/mol. The lowest BCUT2D eigenvalue weighted by Crippen LogP contribution is -2.32. The van der Waals surface area contributed by atoms with Gasteiger partial charge in [-0.3, -0.25) is 4.79 Å². The highest BCUT2D eigenvalue weighted by atomic mass is 16.1. The molecule has 1 aliphatic carbocycles. The smallest absolute Gasteiger partial charge is 0.135 e.